The van der Waals surface area contributed by atoms with Gasteiger partial charge in [-0.1, -0.05) is 5.21 Å². The molecule has 0 saturated heterocycles. The minimum atomic E-state index is 0.383. The molecule has 2 heterocycles. The molecule has 1 N–H and O–H groups in total. The predicted molar refractivity (Wildman–Crippen MR) is 49.6 cm³/mol. The third kappa shape index (κ3) is 1.78. The normalized spacial score (nSPS) is 11.1. The van der Waals surface area contributed by atoms with E-state index in [-0.39, 0.29) is 0 Å². The minimum Gasteiger partial charge on any atom is -0.270 e. The summed E-state index contributed by atoms with van der Waals surface area (Å²) < 4.78 is 1.91. The Morgan fingerprint density at radius 2 is 2.36 bits per heavy atom. The molecule has 0 radical (unpaired) electrons. The number of tetrazole rings is 1. The van der Waals surface area contributed by atoms with E-state index >= 15 is 0 Å². The minimum absolute atomic E-state index is 0.383. The Bertz CT molecular complexity index is 388. The van der Waals surface area contributed by atoms with Crippen molar-refractivity contribution in [3.8, 4) is 0 Å². The maximum absolute atomic E-state index is 4.38. The zero-order valence-electron chi connectivity index (χ0n) is 8.18. The van der Waals surface area contributed by atoms with E-state index in [1.807, 2.05) is 16.9 Å². The van der Waals surface area contributed by atoms with Crippen molar-refractivity contribution in [1.29, 1.82) is 0 Å². The maximum atomic E-state index is 4.38. The van der Waals surface area contributed by atoms with Crippen LogP contribution in [0.25, 0.3) is 0 Å². The number of H-pyrrole nitrogens is 1. The summed E-state index contributed by atoms with van der Waals surface area (Å²) in [4.78, 5) is 0. The second-order valence-electron chi connectivity index (χ2n) is 3.39. The highest BCUT2D eigenvalue weighted by Crippen LogP contribution is 2.06. The quantitative estimate of drug-likeness (QED) is 0.771. The fourth-order valence-corrected chi connectivity index (χ4v) is 1.18. The Morgan fingerprint density at radius 3 is 2.93 bits per heavy atom. The zero-order valence-corrected chi connectivity index (χ0v) is 8.18. The molecule has 0 bridgehead atoms. The topological polar surface area (TPSA) is 72.3 Å². The van der Waals surface area contributed by atoms with Gasteiger partial charge in [0.1, 0.15) is 0 Å². The average molecular weight is 192 g/mol. The first-order valence-corrected chi connectivity index (χ1v) is 4.52. The molecule has 0 atom stereocenters. The summed E-state index contributed by atoms with van der Waals surface area (Å²) in [6.07, 6.45) is 2.58. The number of aromatic nitrogens is 6. The molecule has 0 aliphatic rings. The summed E-state index contributed by atoms with van der Waals surface area (Å²) >= 11 is 0. The molecule has 0 aliphatic carbocycles. The van der Waals surface area contributed by atoms with Gasteiger partial charge in [-0.2, -0.15) is 10.3 Å². The van der Waals surface area contributed by atoms with Crippen LogP contribution in [0.4, 0.5) is 0 Å². The lowest BCUT2D eigenvalue weighted by Crippen LogP contribution is -2.02. The maximum Gasteiger partial charge on any atom is 0.180 e. The lowest BCUT2D eigenvalue weighted by molar-refractivity contribution is 0.527. The molecule has 6 nitrogen and oxygen atoms in total. The fraction of sp³-hybridized carbons (Fsp3) is 0.500. The Kier molecular flexibility index (Phi) is 2.26. The summed E-state index contributed by atoms with van der Waals surface area (Å²) in [6.45, 7) is 4.18. The van der Waals surface area contributed by atoms with Crippen molar-refractivity contribution in [3.63, 3.8) is 0 Å². The summed E-state index contributed by atoms with van der Waals surface area (Å²) in [7, 11) is 0. The van der Waals surface area contributed by atoms with Gasteiger partial charge in [0, 0.05) is 12.2 Å². The van der Waals surface area contributed by atoms with Crippen molar-refractivity contribution < 1.29 is 0 Å². The number of nitrogens with zero attached hydrogens (tertiary/aromatic N) is 5. The number of hydrogen-bond acceptors (Lipinski definition) is 4. The van der Waals surface area contributed by atoms with Gasteiger partial charge in [-0.3, -0.25) is 4.68 Å². The molecule has 2 rings (SSSR count). The predicted octanol–water partition coefficient (Wildman–Crippen LogP) is 0.568. The molecule has 0 fully saturated rings. The molecule has 6 heteroatoms. The highest BCUT2D eigenvalue weighted by atomic mass is 15.5. The van der Waals surface area contributed by atoms with Crippen LogP contribution in [0.3, 0.4) is 0 Å². The van der Waals surface area contributed by atoms with Gasteiger partial charge in [0.05, 0.1) is 12.1 Å². The van der Waals surface area contributed by atoms with Crippen molar-refractivity contribution >= 4 is 0 Å². The van der Waals surface area contributed by atoms with Crippen LogP contribution >= 0.6 is 0 Å². The lowest BCUT2D eigenvalue weighted by atomic mass is 10.3. The van der Waals surface area contributed by atoms with E-state index in [4.69, 9.17) is 0 Å². The van der Waals surface area contributed by atoms with Gasteiger partial charge < -0.3 is 0 Å². The van der Waals surface area contributed by atoms with Crippen molar-refractivity contribution in [2.24, 2.45) is 0 Å². The fourth-order valence-electron chi connectivity index (χ4n) is 1.18. The number of aromatic amines is 1. The van der Waals surface area contributed by atoms with Gasteiger partial charge in [-0.05, 0) is 19.9 Å². The van der Waals surface area contributed by atoms with Crippen LogP contribution in [0.1, 0.15) is 31.4 Å². The monoisotopic (exact) mass is 192 g/mol. The molecule has 0 amide bonds. The second-order valence-corrected chi connectivity index (χ2v) is 3.39. The van der Waals surface area contributed by atoms with Gasteiger partial charge in [-0.25, -0.2) is 0 Å². The van der Waals surface area contributed by atoms with E-state index in [2.05, 4.69) is 39.6 Å². The van der Waals surface area contributed by atoms with E-state index in [9.17, 15) is 0 Å². The summed E-state index contributed by atoms with van der Waals surface area (Å²) in [6, 6.07) is 2.35. The van der Waals surface area contributed by atoms with Crippen LogP contribution in [0.5, 0.6) is 0 Å². The Morgan fingerprint density at radius 1 is 1.50 bits per heavy atom. The van der Waals surface area contributed by atoms with E-state index in [1.165, 1.54) is 0 Å². The lowest BCUT2D eigenvalue weighted by Gasteiger charge is -2.02. The molecular weight excluding hydrogens is 180 g/mol. The highest BCUT2D eigenvalue weighted by Gasteiger charge is 2.05. The zero-order chi connectivity index (χ0) is 9.97. The van der Waals surface area contributed by atoms with Crippen LogP contribution < -0.4 is 0 Å². The summed E-state index contributed by atoms with van der Waals surface area (Å²) in [5.41, 5.74) is 0.958. The molecule has 14 heavy (non-hydrogen) atoms. The SMILES string of the molecule is CC(C)n1ccc(Cc2nn[nH]n2)n1. The van der Waals surface area contributed by atoms with E-state index in [0.717, 1.165) is 5.69 Å². The third-order valence-electron chi connectivity index (χ3n) is 1.92. The van der Waals surface area contributed by atoms with Gasteiger partial charge in [0.2, 0.25) is 0 Å². The Hall–Kier alpha value is -1.72. The van der Waals surface area contributed by atoms with Crippen molar-refractivity contribution in [2.45, 2.75) is 26.3 Å². The molecule has 0 aromatic carbocycles. The third-order valence-corrected chi connectivity index (χ3v) is 1.92. The molecular formula is C8H12N6. The number of rotatable bonds is 3. The van der Waals surface area contributed by atoms with Crippen molar-refractivity contribution in [3.05, 3.63) is 23.8 Å². The van der Waals surface area contributed by atoms with Gasteiger partial charge >= 0.3 is 0 Å². The van der Waals surface area contributed by atoms with E-state index in [0.29, 0.717) is 18.3 Å². The first-order chi connectivity index (χ1) is 6.75. The molecule has 2 aromatic rings. The van der Waals surface area contributed by atoms with Gasteiger partial charge in [-0.15, -0.1) is 10.2 Å². The Balaban J connectivity index is 2.11. The van der Waals surface area contributed by atoms with E-state index in [1.54, 1.807) is 0 Å². The van der Waals surface area contributed by atoms with Crippen molar-refractivity contribution in [1.82, 2.24) is 30.4 Å². The number of nitrogens with one attached hydrogen (secondary N) is 1. The largest absolute Gasteiger partial charge is 0.270 e. The molecule has 0 saturated carbocycles. The van der Waals surface area contributed by atoms with Gasteiger partial charge in [0.25, 0.3) is 0 Å². The smallest absolute Gasteiger partial charge is 0.180 e. The second kappa shape index (κ2) is 3.57. The van der Waals surface area contributed by atoms with Crippen LogP contribution in [0.15, 0.2) is 12.3 Å². The van der Waals surface area contributed by atoms with Crippen LogP contribution in [-0.2, 0) is 6.42 Å². The standard InChI is InChI=1S/C8H12N6/c1-6(2)14-4-3-7(11-14)5-8-9-12-13-10-8/h3-4,6H,5H2,1-2H3,(H,9,10,12,13). The first-order valence-electron chi connectivity index (χ1n) is 4.52. The summed E-state index contributed by atoms with van der Waals surface area (Å²) in [5, 5.41) is 18.0. The molecule has 74 valence electrons. The Labute approximate surface area is 81.3 Å². The van der Waals surface area contributed by atoms with E-state index < -0.39 is 0 Å². The molecule has 0 aliphatic heterocycles. The highest BCUT2D eigenvalue weighted by molar-refractivity contribution is 5.05. The number of hydrogen-bond donors (Lipinski definition) is 1. The first kappa shape index (κ1) is 8.86. The molecule has 0 spiro atoms. The summed E-state index contributed by atoms with van der Waals surface area (Å²) in [5.74, 6) is 0.666. The van der Waals surface area contributed by atoms with Crippen LogP contribution in [0, 0.1) is 0 Å². The molecule has 2 aromatic heterocycles. The molecule has 0 unspecified atom stereocenters. The van der Waals surface area contributed by atoms with Crippen LogP contribution in [0.2, 0.25) is 0 Å². The van der Waals surface area contributed by atoms with Gasteiger partial charge in [0.15, 0.2) is 5.82 Å². The van der Waals surface area contributed by atoms with Crippen LogP contribution in [-0.4, -0.2) is 30.4 Å². The average Bonchev–Trinajstić information content (AvgIpc) is 2.75. The van der Waals surface area contributed by atoms with Crippen molar-refractivity contribution in [2.75, 3.05) is 0 Å².